The molecule has 1 fully saturated rings. The summed E-state index contributed by atoms with van der Waals surface area (Å²) in [4.78, 5) is 3.81. The molecule has 104 valence electrons. The molecule has 0 atom stereocenters. The third-order valence-corrected chi connectivity index (χ3v) is 3.44. The van der Waals surface area contributed by atoms with Gasteiger partial charge in [0.2, 0.25) is 0 Å². The normalized spacial score (nSPS) is 23.9. The van der Waals surface area contributed by atoms with Gasteiger partial charge in [-0.1, -0.05) is 12.1 Å². The van der Waals surface area contributed by atoms with Crippen molar-refractivity contribution >= 4 is 5.96 Å². The van der Waals surface area contributed by atoms with Crippen LogP contribution in [0.5, 0.6) is 0 Å². The first-order valence-corrected chi connectivity index (χ1v) is 6.06. The Morgan fingerprint density at radius 1 is 1.26 bits per heavy atom. The molecule has 1 saturated carbocycles. The maximum atomic E-state index is 12.4. The van der Waals surface area contributed by atoms with E-state index in [-0.39, 0.29) is 6.04 Å². The van der Waals surface area contributed by atoms with Crippen molar-refractivity contribution in [3.8, 4) is 0 Å². The predicted molar refractivity (Wildman–Crippen MR) is 67.9 cm³/mol. The SMILES string of the molecule is CN=C(N)NC1CC(c2ccc(C(F)(F)F)cc2)C1. The van der Waals surface area contributed by atoms with Gasteiger partial charge in [-0.3, -0.25) is 4.99 Å². The fourth-order valence-corrected chi connectivity index (χ4v) is 2.23. The van der Waals surface area contributed by atoms with Crippen molar-refractivity contribution in [2.75, 3.05) is 7.05 Å². The van der Waals surface area contributed by atoms with Gasteiger partial charge < -0.3 is 11.1 Å². The minimum absolute atomic E-state index is 0.260. The summed E-state index contributed by atoms with van der Waals surface area (Å²) < 4.78 is 37.3. The van der Waals surface area contributed by atoms with E-state index in [1.54, 1.807) is 19.2 Å². The first kappa shape index (κ1) is 13.7. The molecular formula is C13H16F3N3. The monoisotopic (exact) mass is 271 g/mol. The largest absolute Gasteiger partial charge is 0.416 e. The highest BCUT2D eigenvalue weighted by atomic mass is 19.4. The molecule has 0 bridgehead atoms. The van der Waals surface area contributed by atoms with Crippen LogP contribution in [0.25, 0.3) is 0 Å². The highest BCUT2D eigenvalue weighted by molar-refractivity contribution is 5.78. The van der Waals surface area contributed by atoms with Crippen molar-refractivity contribution in [3.63, 3.8) is 0 Å². The van der Waals surface area contributed by atoms with Gasteiger partial charge in [-0.25, -0.2) is 0 Å². The number of guanidine groups is 1. The summed E-state index contributed by atoms with van der Waals surface area (Å²) in [6, 6.07) is 5.65. The molecule has 1 aromatic rings. The minimum Gasteiger partial charge on any atom is -0.370 e. The number of halogens is 3. The number of hydrogen-bond donors (Lipinski definition) is 2. The van der Waals surface area contributed by atoms with Crippen LogP contribution in [-0.2, 0) is 6.18 Å². The number of benzene rings is 1. The van der Waals surface area contributed by atoms with Gasteiger partial charge in [0.15, 0.2) is 5.96 Å². The fourth-order valence-electron chi connectivity index (χ4n) is 2.23. The second-order valence-corrected chi connectivity index (χ2v) is 4.74. The molecule has 1 aromatic carbocycles. The van der Waals surface area contributed by atoms with Gasteiger partial charge in [-0.2, -0.15) is 13.2 Å². The third kappa shape index (κ3) is 3.19. The summed E-state index contributed by atoms with van der Waals surface area (Å²) in [5.74, 6) is 0.695. The van der Waals surface area contributed by atoms with Gasteiger partial charge in [-0.15, -0.1) is 0 Å². The van der Waals surface area contributed by atoms with Gasteiger partial charge in [-0.05, 0) is 36.5 Å². The Morgan fingerprint density at radius 2 is 1.84 bits per heavy atom. The summed E-state index contributed by atoms with van der Waals surface area (Å²) in [5.41, 5.74) is 5.89. The van der Waals surface area contributed by atoms with Crippen molar-refractivity contribution in [1.29, 1.82) is 0 Å². The lowest BCUT2D eigenvalue weighted by atomic mass is 9.76. The molecule has 0 aromatic heterocycles. The molecule has 2 rings (SSSR count). The standard InChI is InChI=1S/C13H16F3N3/c1-18-12(17)19-11-6-9(7-11)8-2-4-10(5-3-8)13(14,15)16/h2-5,9,11H,6-7H2,1H3,(H3,17,18,19). The van der Waals surface area contributed by atoms with E-state index in [2.05, 4.69) is 10.3 Å². The summed E-state index contributed by atoms with van der Waals surface area (Å²) in [7, 11) is 1.61. The predicted octanol–water partition coefficient (Wildman–Crippen LogP) is 2.49. The molecule has 3 N–H and O–H groups in total. The van der Waals surface area contributed by atoms with E-state index in [4.69, 9.17) is 5.73 Å². The zero-order valence-corrected chi connectivity index (χ0v) is 10.5. The molecule has 0 radical (unpaired) electrons. The number of aliphatic imine (C=N–C) groups is 1. The summed E-state index contributed by atoms with van der Waals surface area (Å²) >= 11 is 0. The van der Waals surface area contributed by atoms with E-state index in [9.17, 15) is 13.2 Å². The van der Waals surface area contributed by atoms with Crippen LogP contribution in [0.2, 0.25) is 0 Å². The first-order chi connectivity index (χ1) is 8.90. The van der Waals surface area contributed by atoms with Gasteiger partial charge in [0.1, 0.15) is 0 Å². The van der Waals surface area contributed by atoms with E-state index < -0.39 is 11.7 Å². The Morgan fingerprint density at radius 3 is 2.32 bits per heavy atom. The van der Waals surface area contributed by atoms with E-state index in [1.165, 1.54) is 0 Å². The quantitative estimate of drug-likeness (QED) is 0.641. The lowest BCUT2D eigenvalue weighted by Crippen LogP contribution is -2.46. The van der Waals surface area contributed by atoms with Crippen LogP contribution in [0.1, 0.15) is 29.9 Å². The highest BCUT2D eigenvalue weighted by Crippen LogP contribution is 2.38. The van der Waals surface area contributed by atoms with Crippen molar-refractivity contribution in [3.05, 3.63) is 35.4 Å². The average Bonchev–Trinajstić information content (AvgIpc) is 2.32. The number of nitrogens with zero attached hydrogens (tertiary/aromatic N) is 1. The Bertz CT molecular complexity index is 459. The lowest BCUT2D eigenvalue weighted by molar-refractivity contribution is -0.137. The molecule has 6 heteroatoms. The Hall–Kier alpha value is -1.72. The van der Waals surface area contributed by atoms with E-state index in [0.717, 1.165) is 30.5 Å². The fraction of sp³-hybridized carbons (Fsp3) is 0.462. The Labute approximate surface area is 109 Å². The van der Waals surface area contributed by atoms with Crippen molar-refractivity contribution in [2.24, 2.45) is 10.7 Å². The molecule has 0 aliphatic heterocycles. The maximum absolute atomic E-state index is 12.4. The summed E-state index contributed by atoms with van der Waals surface area (Å²) in [5, 5.41) is 3.05. The summed E-state index contributed by atoms with van der Waals surface area (Å²) in [6.45, 7) is 0. The number of alkyl halides is 3. The first-order valence-electron chi connectivity index (χ1n) is 6.06. The van der Waals surface area contributed by atoms with Crippen molar-refractivity contribution < 1.29 is 13.2 Å². The number of nitrogens with one attached hydrogen (secondary N) is 1. The van der Waals surface area contributed by atoms with Gasteiger partial charge in [0.25, 0.3) is 0 Å². The molecule has 0 amide bonds. The number of nitrogens with two attached hydrogens (primary N) is 1. The van der Waals surface area contributed by atoms with Crippen LogP contribution in [0.15, 0.2) is 29.3 Å². The van der Waals surface area contributed by atoms with E-state index >= 15 is 0 Å². The molecule has 0 heterocycles. The van der Waals surface area contributed by atoms with Gasteiger partial charge >= 0.3 is 6.18 Å². The van der Waals surface area contributed by atoms with Gasteiger partial charge in [0.05, 0.1) is 5.56 Å². The number of hydrogen-bond acceptors (Lipinski definition) is 1. The van der Waals surface area contributed by atoms with Crippen LogP contribution < -0.4 is 11.1 Å². The second-order valence-electron chi connectivity index (χ2n) is 4.74. The van der Waals surface area contributed by atoms with Crippen molar-refractivity contribution in [2.45, 2.75) is 31.0 Å². The molecule has 0 spiro atoms. The van der Waals surface area contributed by atoms with Gasteiger partial charge in [0, 0.05) is 13.1 Å². The summed E-state index contributed by atoms with van der Waals surface area (Å²) in [6.07, 6.45) is -2.54. The Kier molecular flexibility index (Phi) is 3.68. The highest BCUT2D eigenvalue weighted by Gasteiger charge is 2.33. The molecule has 3 nitrogen and oxygen atoms in total. The van der Waals surface area contributed by atoms with Crippen LogP contribution in [0.3, 0.4) is 0 Å². The maximum Gasteiger partial charge on any atom is 0.416 e. The van der Waals surface area contributed by atoms with E-state index in [0.29, 0.717) is 11.9 Å². The molecule has 1 aliphatic carbocycles. The Balaban J connectivity index is 1.92. The second kappa shape index (κ2) is 5.11. The number of rotatable bonds is 2. The topological polar surface area (TPSA) is 50.4 Å². The van der Waals surface area contributed by atoms with E-state index in [1.807, 2.05) is 0 Å². The molecular weight excluding hydrogens is 255 g/mol. The lowest BCUT2D eigenvalue weighted by Gasteiger charge is -2.36. The molecule has 19 heavy (non-hydrogen) atoms. The van der Waals surface area contributed by atoms with Crippen LogP contribution >= 0.6 is 0 Å². The average molecular weight is 271 g/mol. The molecule has 0 unspecified atom stereocenters. The van der Waals surface area contributed by atoms with Crippen LogP contribution in [-0.4, -0.2) is 19.0 Å². The zero-order valence-electron chi connectivity index (χ0n) is 10.5. The molecule has 0 saturated heterocycles. The van der Waals surface area contributed by atoms with Crippen LogP contribution in [0, 0.1) is 0 Å². The van der Waals surface area contributed by atoms with Crippen LogP contribution in [0.4, 0.5) is 13.2 Å². The molecule has 1 aliphatic rings. The smallest absolute Gasteiger partial charge is 0.370 e. The zero-order chi connectivity index (χ0) is 14.0. The van der Waals surface area contributed by atoms with Crippen molar-refractivity contribution in [1.82, 2.24) is 5.32 Å². The third-order valence-electron chi connectivity index (χ3n) is 3.44. The minimum atomic E-state index is -4.27.